The molecule has 1 aromatic rings. The van der Waals surface area contributed by atoms with Gasteiger partial charge in [-0.05, 0) is 25.0 Å². The molecule has 3 atom stereocenters. The van der Waals surface area contributed by atoms with E-state index in [0.29, 0.717) is 31.0 Å². The number of hydrogen-bond donors (Lipinski definition) is 1. The lowest BCUT2D eigenvalue weighted by Gasteiger charge is -2.35. The number of morpholine rings is 1. The van der Waals surface area contributed by atoms with Crippen molar-refractivity contribution in [1.82, 2.24) is 14.5 Å². The molecule has 2 fully saturated rings. The van der Waals surface area contributed by atoms with Crippen LogP contribution in [0.15, 0.2) is 29.2 Å². The average Bonchev–Trinajstić information content (AvgIpc) is 2.95. The number of nitrogens with one attached hydrogen (secondary N) is 1. The summed E-state index contributed by atoms with van der Waals surface area (Å²) < 4.78 is 34.0. The molecule has 26 heavy (non-hydrogen) atoms. The first kappa shape index (κ1) is 19.3. The van der Waals surface area contributed by atoms with Crippen LogP contribution < -0.4 is 4.72 Å². The lowest BCUT2D eigenvalue weighted by molar-refractivity contribution is -0.134. The van der Waals surface area contributed by atoms with E-state index in [0.717, 1.165) is 12.0 Å². The van der Waals surface area contributed by atoms with E-state index in [2.05, 4.69) is 9.62 Å². The molecule has 0 aromatic heterocycles. The van der Waals surface area contributed by atoms with Crippen molar-refractivity contribution < 1.29 is 17.9 Å². The van der Waals surface area contributed by atoms with Gasteiger partial charge in [0.05, 0.1) is 24.0 Å². The summed E-state index contributed by atoms with van der Waals surface area (Å²) in [4.78, 5) is 16.0. The van der Waals surface area contributed by atoms with Crippen molar-refractivity contribution in [2.45, 2.75) is 42.8 Å². The van der Waals surface area contributed by atoms with Crippen molar-refractivity contribution >= 4 is 15.9 Å². The van der Waals surface area contributed by atoms with Crippen molar-refractivity contribution in [3.05, 3.63) is 29.8 Å². The van der Waals surface area contributed by atoms with Gasteiger partial charge in [0.1, 0.15) is 0 Å². The van der Waals surface area contributed by atoms with Gasteiger partial charge in [0.25, 0.3) is 0 Å². The maximum atomic E-state index is 12.7. The van der Waals surface area contributed by atoms with E-state index in [1.54, 1.807) is 44.1 Å². The van der Waals surface area contributed by atoms with Crippen molar-refractivity contribution in [3.8, 4) is 0 Å². The van der Waals surface area contributed by atoms with E-state index >= 15 is 0 Å². The van der Waals surface area contributed by atoms with Gasteiger partial charge in [-0.3, -0.25) is 9.69 Å². The summed E-state index contributed by atoms with van der Waals surface area (Å²) in [5.74, 6) is 0.0458. The number of aryl methyl sites for hydroxylation is 1. The molecule has 0 unspecified atom stereocenters. The summed E-state index contributed by atoms with van der Waals surface area (Å²) in [6.45, 7) is 3.64. The number of rotatable bonds is 5. The molecule has 0 saturated carbocycles. The van der Waals surface area contributed by atoms with Crippen LogP contribution in [-0.2, 0) is 19.6 Å². The van der Waals surface area contributed by atoms with Crippen molar-refractivity contribution in [1.29, 1.82) is 0 Å². The van der Waals surface area contributed by atoms with E-state index < -0.39 is 10.0 Å². The maximum Gasteiger partial charge on any atom is 0.241 e. The minimum absolute atomic E-state index is 0.0458. The lowest BCUT2D eigenvalue weighted by Crippen LogP contribution is -2.47. The highest BCUT2D eigenvalue weighted by Crippen LogP contribution is 2.26. The molecule has 0 radical (unpaired) electrons. The molecular weight excluding hydrogens is 354 g/mol. The van der Waals surface area contributed by atoms with Crippen molar-refractivity contribution in [3.63, 3.8) is 0 Å². The first-order valence-electron chi connectivity index (χ1n) is 8.90. The molecule has 2 saturated heterocycles. The summed E-state index contributed by atoms with van der Waals surface area (Å²) in [6.07, 6.45) is 0.947. The van der Waals surface area contributed by atoms with Gasteiger partial charge in [-0.1, -0.05) is 18.2 Å². The van der Waals surface area contributed by atoms with Gasteiger partial charge in [-0.25, -0.2) is 13.1 Å². The van der Waals surface area contributed by atoms with Crippen LogP contribution in [0.4, 0.5) is 0 Å². The number of nitrogens with zero attached hydrogens (tertiary/aromatic N) is 2. The number of fused-ring (bicyclic) bond motifs is 1. The Morgan fingerprint density at radius 2 is 2.04 bits per heavy atom. The Kier molecular flexibility index (Phi) is 5.67. The number of amides is 1. The predicted molar refractivity (Wildman–Crippen MR) is 98.3 cm³/mol. The Balaban J connectivity index is 1.60. The Morgan fingerprint density at radius 1 is 1.31 bits per heavy atom. The maximum absolute atomic E-state index is 12.7. The van der Waals surface area contributed by atoms with Gasteiger partial charge >= 0.3 is 0 Å². The second-order valence-corrected chi connectivity index (χ2v) is 9.06. The number of sulfonamides is 1. The minimum Gasteiger partial charge on any atom is -0.375 e. The number of hydrogen-bond acceptors (Lipinski definition) is 5. The Hall–Kier alpha value is -1.48. The van der Waals surface area contributed by atoms with Gasteiger partial charge < -0.3 is 9.64 Å². The first-order chi connectivity index (χ1) is 12.3. The number of carbonyl (C=O) groups excluding carboxylic acids is 1. The summed E-state index contributed by atoms with van der Waals surface area (Å²) >= 11 is 0. The summed E-state index contributed by atoms with van der Waals surface area (Å²) in [5.41, 5.74) is 0.737. The van der Waals surface area contributed by atoms with Gasteiger partial charge in [0.2, 0.25) is 15.9 Å². The van der Waals surface area contributed by atoms with Crippen LogP contribution >= 0.6 is 0 Å². The zero-order chi connectivity index (χ0) is 18.9. The highest BCUT2D eigenvalue weighted by molar-refractivity contribution is 7.89. The fourth-order valence-corrected chi connectivity index (χ4v) is 5.16. The molecule has 0 aliphatic carbocycles. The van der Waals surface area contributed by atoms with Crippen LogP contribution in [0.3, 0.4) is 0 Å². The Morgan fingerprint density at radius 3 is 2.73 bits per heavy atom. The predicted octanol–water partition coefficient (Wildman–Crippen LogP) is 0.593. The molecule has 144 valence electrons. The summed E-state index contributed by atoms with van der Waals surface area (Å²) in [6, 6.07) is 7.05. The smallest absolute Gasteiger partial charge is 0.241 e. The lowest BCUT2D eigenvalue weighted by atomic mass is 10.1. The number of benzene rings is 1. The third kappa shape index (κ3) is 4.25. The quantitative estimate of drug-likeness (QED) is 0.808. The molecule has 0 bridgehead atoms. The molecule has 3 rings (SSSR count). The molecular formula is C18H27N3O4S. The second-order valence-electron chi connectivity index (χ2n) is 7.37. The van der Waals surface area contributed by atoms with E-state index in [-0.39, 0.29) is 24.1 Å². The molecule has 1 amide bonds. The molecule has 0 spiro atoms. The van der Waals surface area contributed by atoms with Crippen molar-refractivity contribution in [2.24, 2.45) is 0 Å². The zero-order valence-corrected chi connectivity index (χ0v) is 16.3. The van der Waals surface area contributed by atoms with E-state index in [1.165, 1.54) is 0 Å². The largest absolute Gasteiger partial charge is 0.375 e. The van der Waals surface area contributed by atoms with Gasteiger partial charge in [-0.2, -0.15) is 0 Å². The molecule has 1 N–H and O–H groups in total. The highest BCUT2D eigenvalue weighted by Gasteiger charge is 2.39. The van der Waals surface area contributed by atoms with Gasteiger partial charge in [-0.15, -0.1) is 0 Å². The molecule has 2 heterocycles. The van der Waals surface area contributed by atoms with Crippen LogP contribution in [0.25, 0.3) is 0 Å². The molecule has 7 nitrogen and oxygen atoms in total. The third-order valence-electron chi connectivity index (χ3n) is 5.10. The normalized spacial score (nSPS) is 26.5. The number of carbonyl (C=O) groups is 1. The molecule has 8 heteroatoms. The highest BCUT2D eigenvalue weighted by atomic mass is 32.2. The standard InChI is InChI=1S/C18H27N3O4S/c1-13-6-4-5-7-17(13)26(23,24)19-14-8-15-12-25-16(11-21(15)10-14)9-18(22)20(2)3/h4-7,14-16,19H,8-12H2,1-3H3/t14-,15+,16+/m1/s1. The average molecular weight is 381 g/mol. The van der Waals surface area contributed by atoms with Crippen LogP contribution in [0, 0.1) is 6.92 Å². The van der Waals surface area contributed by atoms with Crippen LogP contribution in [0.1, 0.15) is 18.4 Å². The van der Waals surface area contributed by atoms with Crippen LogP contribution in [0.5, 0.6) is 0 Å². The number of ether oxygens (including phenoxy) is 1. The van der Waals surface area contributed by atoms with Gasteiger partial charge in [0.15, 0.2) is 0 Å². The Labute approximate surface area is 155 Å². The van der Waals surface area contributed by atoms with Crippen LogP contribution in [-0.4, -0.2) is 76.1 Å². The van der Waals surface area contributed by atoms with Gasteiger partial charge in [0, 0.05) is 39.3 Å². The third-order valence-corrected chi connectivity index (χ3v) is 6.78. The van der Waals surface area contributed by atoms with Crippen LogP contribution in [0.2, 0.25) is 0 Å². The monoisotopic (exact) mass is 381 g/mol. The topological polar surface area (TPSA) is 78.9 Å². The SMILES string of the molecule is Cc1ccccc1S(=O)(=O)N[C@@H]1C[C@H]2CO[C@@H](CC(=O)N(C)C)CN2C1. The first-order valence-corrected chi connectivity index (χ1v) is 10.4. The van der Waals surface area contributed by atoms with Crippen molar-refractivity contribution in [2.75, 3.05) is 33.8 Å². The minimum atomic E-state index is -3.54. The molecule has 1 aromatic carbocycles. The fourth-order valence-electron chi connectivity index (χ4n) is 3.67. The Bertz CT molecular complexity index is 765. The zero-order valence-electron chi connectivity index (χ0n) is 15.5. The molecule has 2 aliphatic heterocycles. The van der Waals surface area contributed by atoms with E-state index in [9.17, 15) is 13.2 Å². The van der Waals surface area contributed by atoms with E-state index in [4.69, 9.17) is 4.74 Å². The van der Waals surface area contributed by atoms with E-state index in [1.807, 2.05) is 6.07 Å². The fraction of sp³-hybridized carbons (Fsp3) is 0.611. The second kappa shape index (κ2) is 7.64. The molecule has 2 aliphatic rings. The summed E-state index contributed by atoms with van der Waals surface area (Å²) in [5, 5.41) is 0. The summed E-state index contributed by atoms with van der Waals surface area (Å²) in [7, 11) is -0.0667.